The van der Waals surface area contributed by atoms with E-state index in [2.05, 4.69) is 42.0 Å². The molecule has 1 rings (SSSR count). The average molecular weight is 369 g/mol. The van der Waals surface area contributed by atoms with Gasteiger partial charge in [0.1, 0.15) is 0 Å². The van der Waals surface area contributed by atoms with Crippen molar-refractivity contribution in [3.05, 3.63) is 34.3 Å². The van der Waals surface area contributed by atoms with Crippen molar-refractivity contribution in [3.8, 4) is 0 Å². The Morgan fingerprint density at radius 3 is 2.32 bits per heavy atom. The molecule has 0 saturated carbocycles. The fourth-order valence-corrected chi connectivity index (χ4v) is 2.51. The highest BCUT2D eigenvalue weighted by molar-refractivity contribution is 9.10. The van der Waals surface area contributed by atoms with E-state index in [1.165, 1.54) is 0 Å². The third kappa shape index (κ3) is 6.18. The zero-order chi connectivity index (χ0) is 16.7. The number of benzene rings is 1. The molecular weight excluding hydrogens is 344 g/mol. The number of carbonyl (C=O) groups is 2. The molecule has 5 heteroatoms. The maximum Gasteiger partial charge on any atom is 0.251 e. The fourth-order valence-electron chi connectivity index (χ4n) is 2.25. The Morgan fingerprint density at radius 2 is 1.77 bits per heavy atom. The van der Waals surface area contributed by atoms with Gasteiger partial charge >= 0.3 is 0 Å². The monoisotopic (exact) mass is 368 g/mol. The van der Waals surface area contributed by atoms with Crippen LogP contribution >= 0.6 is 15.9 Å². The number of amides is 2. The summed E-state index contributed by atoms with van der Waals surface area (Å²) in [7, 11) is 1.83. The minimum atomic E-state index is -0.154. The maximum atomic E-state index is 12.1. The molecule has 1 aromatic rings. The molecule has 0 bridgehead atoms. The van der Waals surface area contributed by atoms with Crippen LogP contribution in [0, 0.1) is 5.92 Å². The molecule has 0 fully saturated rings. The third-order valence-electron chi connectivity index (χ3n) is 3.60. The lowest BCUT2D eigenvalue weighted by atomic mass is 10.0. The predicted octanol–water partition coefficient (Wildman–Crippen LogP) is 3.46. The van der Waals surface area contributed by atoms with Crippen molar-refractivity contribution >= 4 is 27.7 Å². The quantitative estimate of drug-likeness (QED) is 0.800. The van der Waals surface area contributed by atoms with Gasteiger partial charge in [-0.15, -0.1) is 0 Å². The number of hydrogen-bond donors (Lipinski definition) is 1. The molecule has 1 atom stereocenters. The van der Waals surface area contributed by atoms with Gasteiger partial charge in [-0.3, -0.25) is 9.59 Å². The summed E-state index contributed by atoms with van der Waals surface area (Å²) in [5, 5.41) is 2.78. The molecule has 0 spiro atoms. The van der Waals surface area contributed by atoms with Crippen molar-refractivity contribution in [2.75, 3.05) is 13.6 Å². The summed E-state index contributed by atoms with van der Waals surface area (Å²) in [6, 6.07) is 7.36. The molecule has 0 aliphatic carbocycles. The zero-order valence-corrected chi connectivity index (χ0v) is 15.3. The van der Waals surface area contributed by atoms with E-state index in [0.717, 1.165) is 10.9 Å². The lowest BCUT2D eigenvalue weighted by Crippen LogP contribution is -2.38. The summed E-state index contributed by atoms with van der Waals surface area (Å²) in [5.74, 6) is 0.463. The first-order valence-corrected chi connectivity index (χ1v) is 8.40. The van der Waals surface area contributed by atoms with Gasteiger partial charge in [-0.25, -0.2) is 0 Å². The molecule has 1 unspecified atom stereocenters. The van der Waals surface area contributed by atoms with Crippen LogP contribution in [0.25, 0.3) is 0 Å². The van der Waals surface area contributed by atoms with Gasteiger partial charge in [-0.2, -0.15) is 0 Å². The lowest BCUT2D eigenvalue weighted by Gasteiger charge is -2.26. The van der Waals surface area contributed by atoms with Crippen LogP contribution in [0.3, 0.4) is 0 Å². The Bertz CT molecular complexity index is 500. The SMILES string of the molecule is CC(C)CC(C)N(C)C(=O)CCNC(=O)c1ccc(Br)cc1. The van der Waals surface area contributed by atoms with Gasteiger partial charge in [-0.05, 0) is 43.5 Å². The van der Waals surface area contributed by atoms with Crippen LogP contribution in [-0.4, -0.2) is 36.3 Å². The van der Waals surface area contributed by atoms with Crippen LogP contribution in [0.15, 0.2) is 28.7 Å². The van der Waals surface area contributed by atoms with Crippen molar-refractivity contribution in [1.82, 2.24) is 10.2 Å². The lowest BCUT2D eigenvalue weighted by molar-refractivity contribution is -0.131. The Morgan fingerprint density at radius 1 is 1.18 bits per heavy atom. The van der Waals surface area contributed by atoms with Gasteiger partial charge in [0, 0.05) is 36.1 Å². The molecule has 22 heavy (non-hydrogen) atoms. The summed E-state index contributed by atoms with van der Waals surface area (Å²) < 4.78 is 0.931. The molecule has 0 aromatic heterocycles. The van der Waals surface area contributed by atoms with E-state index in [1.807, 2.05) is 19.2 Å². The first-order valence-electron chi connectivity index (χ1n) is 7.60. The van der Waals surface area contributed by atoms with Gasteiger partial charge in [0.15, 0.2) is 0 Å². The summed E-state index contributed by atoms with van der Waals surface area (Å²) in [6.45, 7) is 6.70. The highest BCUT2D eigenvalue weighted by atomic mass is 79.9. The molecule has 0 aliphatic rings. The number of nitrogens with zero attached hydrogens (tertiary/aromatic N) is 1. The Hall–Kier alpha value is -1.36. The van der Waals surface area contributed by atoms with E-state index in [1.54, 1.807) is 17.0 Å². The van der Waals surface area contributed by atoms with Crippen molar-refractivity contribution in [3.63, 3.8) is 0 Å². The highest BCUT2D eigenvalue weighted by Gasteiger charge is 2.16. The molecule has 0 heterocycles. The van der Waals surface area contributed by atoms with Crippen molar-refractivity contribution in [2.24, 2.45) is 5.92 Å². The molecule has 0 radical (unpaired) electrons. The Labute approximate surface area is 141 Å². The van der Waals surface area contributed by atoms with Crippen LogP contribution in [0.4, 0.5) is 0 Å². The van der Waals surface area contributed by atoms with Crippen molar-refractivity contribution in [1.29, 1.82) is 0 Å². The Balaban J connectivity index is 2.38. The minimum Gasteiger partial charge on any atom is -0.352 e. The molecule has 4 nitrogen and oxygen atoms in total. The van der Waals surface area contributed by atoms with E-state index < -0.39 is 0 Å². The van der Waals surface area contributed by atoms with E-state index in [9.17, 15) is 9.59 Å². The van der Waals surface area contributed by atoms with E-state index in [-0.39, 0.29) is 17.9 Å². The standard InChI is InChI=1S/C17H25BrN2O2/c1-12(2)11-13(3)20(4)16(21)9-10-19-17(22)14-5-7-15(18)8-6-14/h5-8,12-13H,9-11H2,1-4H3,(H,19,22). The highest BCUT2D eigenvalue weighted by Crippen LogP contribution is 2.11. The zero-order valence-electron chi connectivity index (χ0n) is 13.7. The summed E-state index contributed by atoms with van der Waals surface area (Å²) in [6.07, 6.45) is 1.30. The van der Waals surface area contributed by atoms with Gasteiger partial charge in [0.25, 0.3) is 5.91 Å². The third-order valence-corrected chi connectivity index (χ3v) is 4.13. The molecule has 1 aromatic carbocycles. The number of nitrogens with one attached hydrogen (secondary N) is 1. The summed E-state index contributed by atoms with van der Waals surface area (Å²) in [4.78, 5) is 25.8. The van der Waals surface area contributed by atoms with Gasteiger partial charge in [-0.1, -0.05) is 29.8 Å². The van der Waals surface area contributed by atoms with Crippen LogP contribution in [0.1, 0.15) is 44.0 Å². The number of hydrogen-bond acceptors (Lipinski definition) is 2. The van der Waals surface area contributed by atoms with Gasteiger partial charge in [0.2, 0.25) is 5.91 Å². The molecule has 1 N–H and O–H groups in total. The Kier molecular flexibility index (Phi) is 7.59. The molecule has 2 amide bonds. The fraction of sp³-hybridized carbons (Fsp3) is 0.529. The topological polar surface area (TPSA) is 49.4 Å². The van der Waals surface area contributed by atoms with Crippen molar-refractivity contribution < 1.29 is 9.59 Å². The number of halogens is 1. The van der Waals surface area contributed by atoms with Gasteiger partial charge in [0.05, 0.1) is 0 Å². The largest absolute Gasteiger partial charge is 0.352 e. The minimum absolute atomic E-state index is 0.0595. The van der Waals surface area contributed by atoms with Gasteiger partial charge < -0.3 is 10.2 Å². The number of rotatable bonds is 7. The number of carbonyl (C=O) groups excluding carboxylic acids is 2. The first kappa shape index (κ1) is 18.7. The predicted molar refractivity (Wildman–Crippen MR) is 92.8 cm³/mol. The maximum absolute atomic E-state index is 12.1. The van der Waals surface area contributed by atoms with Crippen LogP contribution in [0.5, 0.6) is 0 Å². The van der Waals surface area contributed by atoms with E-state index in [4.69, 9.17) is 0 Å². The smallest absolute Gasteiger partial charge is 0.251 e. The average Bonchev–Trinajstić information content (AvgIpc) is 2.46. The molecular formula is C17H25BrN2O2. The second-order valence-corrected chi connectivity index (χ2v) is 6.91. The molecule has 0 aliphatic heterocycles. The van der Waals surface area contributed by atoms with E-state index in [0.29, 0.717) is 24.4 Å². The molecule has 0 saturated heterocycles. The first-order chi connectivity index (χ1) is 10.3. The van der Waals surface area contributed by atoms with E-state index >= 15 is 0 Å². The van der Waals surface area contributed by atoms with Crippen LogP contribution in [0.2, 0.25) is 0 Å². The second-order valence-electron chi connectivity index (χ2n) is 6.00. The van der Waals surface area contributed by atoms with Crippen LogP contribution < -0.4 is 5.32 Å². The van der Waals surface area contributed by atoms with Crippen molar-refractivity contribution in [2.45, 2.75) is 39.7 Å². The normalized spacial score (nSPS) is 12.1. The summed E-state index contributed by atoms with van der Waals surface area (Å²) in [5.41, 5.74) is 0.595. The van der Waals surface area contributed by atoms with Crippen LogP contribution in [-0.2, 0) is 4.79 Å². The molecule has 122 valence electrons. The second kappa shape index (κ2) is 8.93. The summed E-state index contributed by atoms with van der Waals surface area (Å²) >= 11 is 3.33.